The summed E-state index contributed by atoms with van der Waals surface area (Å²) in [4.78, 5) is 35.6. The molecule has 1 unspecified atom stereocenters. The van der Waals surface area contributed by atoms with Crippen LogP contribution in [0.25, 0.3) is 0 Å². The quantitative estimate of drug-likeness (QED) is 0.0211. The maximum Gasteiger partial charge on any atom is 0.472 e. The number of likely N-dealkylation sites (N-methyl/N-ethyl adjacent to an activating group) is 1. The zero-order valence-corrected chi connectivity index (χ0v) is 43.9. The lowest BCUT2D eigenvalue weighted by Gasteiger charge is -2.24. The van der Waals surface area contributed by atoms with E-state index >= 15 is 0 Å². The summed E-state index contributed by atoms with van der Waals surface area (Å²) in [5.74, 6) is -0.818. The molecule has 380 valence electrons. The molecule has 9 nitrogen and oxygen atoms in total. The molecule has 0 bridgehead atoms. The molecule has 0 aliphatic carbocycles. The lowest BCUT2D eigenvalue weighted by atomic mass is 10.0. The van der Waals surface area contributed by atoms with Gasteiger partial charge in [-0.1, -0.05) is 238 Å². The van der Waals surface area contributed by atoms with E-state index in [0.29, 0.717) is 23.9 Å². The van der Waals surface area contributed by atoms with Gasteiger partial charge in [-0.2, -0.15) is 0 Å². The van der Waals surface area contributed by atoms with E-state index in [4.69, 9.17) is 18.5 Å². The van der Waals surface area contributed by atoms with E-state index in [1.54, 1.807) is 0 Å². The van der Waals surface area contributed by atoms with Crippen molar-refractivity contribution in [3.63, 3.8) is 0 Å². The molecule has 0 aromatic rings. The van der Waals surface area contributed by atoms with Crippen LogP contribution in [0.2, 0.25) is 0 Å². The number of hydrogen-bond acceptors (Lipinski definition) is 7. The third-order valence-corrected chi connectivity index (χ3v) is 13.3. The highest BCUT2D eigenvalue weighted by Gasteiger charge is 2.27. The monoisotopic (exact) mass is 929 g/mol. The van der Waals surface area contributed by atoms with Gasteiger partial charge in [0.1, 0.15) is 19.8 Å². The summed E-state index contributed by atoms with van der Waals surface area (Å²) in [6, 6.07) is 0. The summed E-state index contributed by atoms with van der Waals surface area (Å²) < 4.78 is 34.5. The average Bonchev–Trinajstić information content (AvgIpc) is 3.25. The fourth-order valence-electron chi connectivity index (χ4n) is 8.02. The highest BCUT2D eigenvalue weighted by atomic mass is 31.2. The van der Waals surface area contributed by atoms with Crippen LogP contribution in [0.15, 0.2) is 12.2 Å². The molecule has 0 aliphatic heterocycles. The predicted octanol–water partition coefficient (Wildman–Crippen LogP) is 16.5. The Morgan fingerprint density at radius 3 is 1.20 bits per heavy atom. The number of unbranched alkanes of at least 4 members (excludes halogenated alkanes) is 35. The second kappa shape index (κ2) is 46.8. The van der Waals surface area contributed by atoms with Crippen LogP contribution in [0, 0.1) is 0 Å². The Morgan fingerprint density at radius 2 is 0.812 bits per heavy atom. The molecule has 0 saturated heterocycles. The molecule has 2 atom stereocenters. The lowest BCUT2D eigenvalue weighted by molar-refractivity contribution is -0.870. The van der Waals surface area contributed by atoms with E-state index in [-0.39, 0.29) is 26.1 Å². The van der Waals surface area contributed by atoms with Crippen molar-refractivity contribution in [3.05, 3.63) is 12.2 Å². The summed E-state index contributed by atoms with van der Waals surface area (Å²) >= 11 is 0. The molecule has 0 heterocycles. The summed E-state index contributed by atoms with van der Waals surface area (Å²) in [5, 5.41) is 0. The minimum atomic E-state index is -4.38. The molecule has 0 aliphatic rings. The number of carbonyl (C=O) groups is 2. The molecule has 0 fully saturated rings. The van der Waals surface area contributed by atoms with Gasteiger partial charge in [0, 0.05) is 12.8 Å². The zero-order chi connectivity index (χ0) is 47.1. The number of quaternary nitrogens is 1. The number of nitrogens with zero attached hydrogens (tertiary/aromatic N) is 1. The smallest absolute Gasteiger partial charge is 0.462 e. The number of hydrogen-bond donors (Lipinski definition) is 1. The number of esters is 2. The van der Waals surface area contributed by atoms with Gasteiger partial charge >= 0.3 is 19.8 Å². The first-order valence-corrected chi connectivity index (χ1v) is 28.9. The average molecular weight is 929 g/mol. The van der Waals surface area contributed by atoms with E-state index in [2.05, 4.69) is 26.0 Å². The van der Waals surface area contributed by atoms with E-state index in [1.807, 2.05) is 21.1 Å². The van der Waals surface area contributed by atoms with Crippen LogP contribution in [0.4, 0.5) is 0 Å². The molecule has 0 spiro atoms. The van der Waals surface area contributed by atoms with Crippen LogP contribution in [0.5, 0.6) is 0 Å². The predicted molar refractivity (Wildman–Crippen MR) is 271 cm³/mol. The Labute approximate surface area is 396 Å². The topological polar surface area (TPSA) is 108 Å². The van der Waals surface area contributed by atoms with Crippen molar-refractivity contribution in [1.82, 2.24) is 0 Å². The highest BCUT2D eigenvalue weighted by molar-refractivity contribution is 7.47. The van der Waals surface area contributed by atoms with Gasteiger partial charge in [0.2, 0.25) is 0 Å². The molecule has 64 heavy (non-hydrogen) atoms. The van der Waals surface area contributed by atoms with Crippen LogP contribution in [0.1, 0.15) is 271 Å². The van der Waals surface area contributed by atoms with E-state index in [9.17, 15) is 19.0 Å². The molecule has 0 rings (SSSR count). The van der Waals surface area contributed by atoms with Crippen LogP contribution >= 0.6 is 7.82 Å². The highest BCUT2D eigenvalue weighted by Crippen LogP contribution is 2.43. The molecular formula is C54H107NO8P+. The Hall–Kier alpha value is -1.25. The summed E-state index contributed by atoms with van der Waals surface area (Å²) in [6.45, 7) is 4.46. The van der Waals surface area contributed by atoms with Gasteiger partial charge in [0.15, 0.2) is 6.10 Å². The van der Waals surface area contributed by atoms with Crippen molar-refractivity contribution in [2.24, 2.45) is 0 Å². The minimum Gasteiger partial charge on any atom is -0.462 e. The zero-order valence-electron chi connectivity index (χ0n) is 43.0. The van der Waals surface area contributed by atoms with Crippen LogP contribution in [-0.2, 0) is 32.7 Å². The minimum absolute atomic E-state index is 0.0318. The first-order chi connectivity index (χ1) is 31.0. The molecule has 10 heteroatoms. The molecule has 0 aromatic carbocycles. The number of allylic oxidation sites excluding steroid dienone is 2. The third kappa shape index (κ3) is 50.2. The number of rotatable bonds is 51. The van der Waals surface area contributed by atoms with E-state index in [0.717, 1.165) is 25.7 Å². The van der Waals surface area contributed by atoms with Crippen molar-refractivity contribution in [2.75, 3.05) is 47.5 Å². The SMILES string of the molecule is CCCCCCCCCCCCCCCCCCCC/C=C/CCCC(=O)OC[C@@H](COP(=O)(O)OCC[N+](C)(C)C)OC(=O)CCCCCCCCCCCCCCCCCCC. The van der Waals surface area contributed by atoms with Gasteiger partial charge < -0.3 is 18.9 Å². The van der Waals surface area contributed by atoms with Gasteiger partial charge in [0.05, 0.1) is 27.7 Å². The Morgan fingerprint density at radius 1 is 0.469 bits per heavy atom. The Bertz CT molecular complexity index is 1100. The second-order valence-corrected chi connectivity index (χ2v) is 21.4. The van der Waals surface area contributed by atoms with Gasteiger partial charge in [-0.25, -0.2) is 4.57 Å². The molecule has 1 N–H and O–H groups in total. The first-order valence-electron chi connectivity index (χ1n) is 27.4. The van der Waals surface area contributed by atoms with E-state index < -0.39 is 32.5 Å². The number of carbonyl (C=O) groups excluding carboxylic acids is 2. The Balaban J connectivity index is 4.18. The third-order valence-electron chi connectivity index (χ3n) is 12.3. The van der Waals surface area contributed by atoms with Gasteiger partial charge in [-0.05, 0) is 32.1 Å². The normalized spacial score (nSPS) is 13.4. The molecule has 0 amide bonds. The van der Waals surface area contributed by atoms with Crippen LogP contribution in [-0.4, -0.2) is 74.9 Å². The van der Waals surface area contributed by atoms with E-state index in [1.165, 1.54) is 205 Å². The summed E-state index contributed by atoms with van der Waals surface area (Å²) in [7, 11) is 1.48. The van der Waals surface area contributed by atoms with Gasteiger partial charge in [0.25, 0.3) is 0 Å². The maximum atomic E-state index is 12.8. The first kappa shape index (κ1) is 62.8. The summed E-state index contributed by atoms with van der Waals surface area (Å²) in [6.07, 6.45) is 52.8. The number of ether oxygens (including phenoxy) is 2. The number of phosphoric ester groups is 1. The lowest BCUT2D eigenvalue weighted by Crippen LogP contribution is -2.37. The van der Waals surface area contributed by atoms with Crippen molar-refractivity contribution in [3.8, 4) is 0 Å². The molecule has 0 aromatic heterocycles. The second-order valence-electron chi connectivity index (χ2n) is 20.0. The summed E-state index contributed by atoms with van der Waals surface area (Å²) in [5.41, 5.74) is 0. The maximum absolute atomic E-state index is 12.8. The van der Waals surface area contributed by atoms with Crippen molar-refractivity contribution >= 4 is 19.8 Å². The molecule has 0 saturated carbocycles. The molecular weight excluding hydrogens is 822 g/mol. The standard InChI is InChI=1S/C54H106NO8P/c1-6-8-10-12-14-16-18-20-22-24-25-26-27-28-29-31-32-34-36-38-40-42-44-46-53(56)60-50-52(51-62-64(58,59)61-49-48-55(3,4)5)63-54(57)47-45-43-41-39-37-35-33-30-23-21-19-17-15-13-11-9-7-2/h38,40,52H,6-37,39,41-51H2,1-5H3/p+1/b40-38+/t52-/m0/s1. The molecule has 0 radical (unpaired) electrons. The fourth-order valence-corrected chi connectivity index (χ4v) is 8.76. The van der Waals surface area contributed by atoms with Gasteiger partial charge in [-0.3, -0.25) is 18.6 Å². The fraction of sp³-hybridized carbons (Fsp3) is 0.926. The van der Waals surface area contributed by atoms with Gasteiger partial charge in [-0.15, -0.1) is 0 Å². The number of phosphoric acid groups is 1. The van der Waals surface area contributed by atoms with Crippen molar-refractivity contribution in [1.29, 1.82) is 0 Å². The van der Waals surface area contributed by atoms with Crippen molar-refractivity contribution in [2.45, 2.75) is 277 Å². The van der Waals surface area contributed by atoms with Crippen LogP contribution < -0.4 is 0 Å². The van der Waals surface area contributed by atoms with Crippen LogP contribution in [0.3, 0.4) is 0 Å². The van der Waals surface area contributed by atoms with Crippen molar-refractivity contribution < 1.29 is 42.1 Å². The largest absolute Gasteiger partial charge is 0.472 e. The Kier molecular flexibility index (Phi) is 45.9.